The van der Waals surface area contributed by atoms with Crippen molar-refractivity contribution < 1.29 is 13.7 Å². The van der Waals surface area contributed by atoms with E-state index in [-0.39, 0.29) is 10.7 Å². The number of anilines is 1. The quantitative estimate of drug-likeness (QED) is 0.505. The van der Waals surface area contributed by atoms with Gasteiger partial charge in [-0.2, -0.15) is 0 Å². The predicted octanol–water partition coefficient (Wildman–Crippen LogP) is 5.26. The molecule has 7 heteroatoms. The minimum atomic E-state index is -0.479. The van der Waals surface area contributed by atoms with E-state index < -0.39 is 10.7 Å². The van der Waals surface area contributed by atoms with Gasteiger partial charge in [0.2, 0.25) is 0 Å². The highest BCUT2D eigenvalue weighted by atomic mass is 35.5. The van der Waals surface area contributed by atoms with Gasteiger partial charge in [-0.3, -0.25) is 10.1 Å². The molecule has 24 heavy (non-hydrogen) atoms. The van der Waals surface area contributed by atoms with E-state index in [1.54, 1.807) is 30.3 Å². The van der Waals surface area contributed by atoms with Crippen LogP contribution >= 0.6 is 11.6 Å². The highest BCUT2D eigenvalue weighted by Crippen LogP contribution is 2.26. The van der Waals surface area contributed by atoms with E-state index in [2.05, 4.69) is 5.32 Å². The van der Waals surface area contributed by atoms with E-state index in [9.17, 15) is 14.5 Å². The molecule has 0 bridgehead atoms. The monoisotopic (exact) mass is 346 g/mol. The summed E-state index contributed by atoms with van der Waals surface area (Å²) < 4.78 is 18.8. The summed E-state index contributed by atoms with van der Waals surface area (Å²) in [6.45, 7) is 0.372. The molecule has 1 aromatic heterocycles. The molecule has 0 aliphatic carbocycles. The number of halogens is 2. The maximum atomic E-state index is 13.1. The maximum absolute atomic E-state index is 13.1. The van der Waals surface area contributed by atoms with Gasteiger partial charge in [-0.15, -0.1) is 0 Å². The van der Waals surface area contributed by atoms with Gasteiger partial charge in [0.25, 0.3) is 5.69 Å². The van der Waals surface area contributed by atoms with Gasteiger partial charge >= 0.3 is 0 Å². The fourth-order valence-electron chi connectivity index (χ4n) is 2.20. The molecule has 0 aliphatic rings. The second-order valence-electron chi connectivity index (χ2n) is 5.06. The van der Waals surface area contributed by atoms with Crippen LogP contribution in [0.2, 0.25) is 5.02 Å². The Kier molecular flexibility index (Phi) is 4.48. The fourth-order valence-corrected chi connectivity index (χ4v) is 2.38. The molecule has 1 N–H and O–H groups in total. The zero-order valence-corrected chi connectivity index (χ0v) is 13.1. The molecule has 2 aromatic carbocycles. The summed E-state index contributed by atoms with van der Waals surface area (Å²) in [5, 5.41) is 13.9. The number of nitrogens with zero attached hydrogens (tertiary/aromatic N) is 1. The van der Waals surface area contributed by atoms with E-state index in [4.69, 9.17) is 16.0 Å². The van der Waals surface area contributed by atoms with E-state index in [1.165, 1.54) is 24.3 Å². The Bertz CT molecular complexity index is 895. The zero-order chi connectivity index (χ0) is 17.1. The van der Waals surface area contributed by atoms with Crippen molar-refractivity contribution in [3.63, 3.8) is 0 Å². The van der Waals surface area contributed by atoms with Gasteiger partial charge in [0.15, 0.2) is 0 Å². The molecule has 3 rings (SSSR count). The van der Waals surface area contributed by atoms with Crippen molar-refractivity contribution in [3.8, 4) is 11.3 Å². The topological polar surface area (TPSA) is 68.3 Å². The molecular formula is C17H12ClFN2O3. The van der Waals surface area contributed by atoms with Crippen LogP contribution in [0.15, 0.2) is 59.0 Å². The Morgan fingerprint density at radius 2 is 2.00 bits per heavy atom. The van der Waals surface area contributed by atoms with Crippen molar-refractivity contribution >= 4 is 23.0 Å². The summed E-state index contributed by atoms with van der Waals surface area (Å²) in [6.07, 6.45) is 0. The molecule has 0 saturated heterocycles. The number of furan rings is 1. The van der Waals surface area contributed by atoms with E-state index in [0.29, 0.717) is 29.3 Å². The lowest BCUT2D eigenvalue weighted by molar-refractivity contribution is -0.384. The summed E-state index contributed by atoms with van der Waals surface area (Å²) in [5.41, 5.74) is 1.29. The molecule has 0 unspecified atom stereocenters. The summed E-state index contributed by atoms with van der Waals surface area (Å²) in [6, 6.07) is 14.1. The van der Waals surface area contributed by atoms with E-state index >= 15 is 0 Å². The lowest BCUT2D eigenvalue weighted by Crippen LogP contribution is -1.98. The Hall–Kier alpha value is -2.86. The largest absolute Gasteiger partial charge is 0.459 e. The van der Waals surface area contributed by atoms with Crippen molar-refractivity contribution in [1.82, 2.24) is 0 Å². The van der Waals surface area contributed by atoms with Gasteiger partial charge < -0.3 is 9.73 Å². The normalized spacial score (nSPS) is 10.6. The number of hydrogen-bond acceptors (Lipinski definition) is 4. The van der Waals surface area contributed by atoms with Crippen LogP contribution in [0.5, 0.6) is 0 Å². The molecule has 0 spiro atoms. The van der Waals surface area contributed by atoms with Crippen LogP contribution in [0.3, 0.4) is 0 Å². The highest BCUT2D eigenvalue weighted by molar-refractivity contribution is 6.31. The van der Waals surface area contributed by atoms with Crippen molar-refractivity contribution in [2.24, 2.45) is 0 Å². The fraction of sp³-hybridized carbons (Fsp3) is 0.0588. The summed E-state index contributed by atoms with van der Waals surface area (Å²) in [4.78, 5) is 10.4. The van der Waals surface area contributed by atoms with Crippen LogP contribution in [0.4, 0.5) is 15.8 Å². The van der Waals surface area contributed by atoms with Gasteiger partial charge in [0.1, 0.15) is 17.3 Å². The van der Waals surface area contributed by atoms with E-state index in [0.717, 1.165) is 0 Å². The SMILES string of the molecule is O=[N+]([O-])c1cccc(-c2ccc(CNc3ccc(F)c(Cl)c3)o2)c1. The Balaban J connectivity index is 1.72. The summed E-state index contributed by atoms with van der Waals surface area (Å²) >= 11 is 5.73. The predicted molar refractivity (Wildman–Crippen MR) is 89.5 cm³/mol. The molecule has 0 saturated carbocycles. The van der Waals surface area contributed by atoms with Crippen molar-refractivity contribution in [1.29, 1.82) is 0 Å². The average molecular weight is 347 g/mol. The second-order valence-corrected chi connectivity index (χ2v) is 5.46. The molecule has 5 nitrogen and oxygen atoms in total. The first kappa shape index (κ1) is 16.0. The molecule has 122 valence electrons. The number of non-ortho nitro benzene ring substituents is 1. The third kappa shape index (κ3) is 3.55. The van der Waals surface area contributed by atoms with Gasteiger partial charge in [-0.25, -0.2) is 4.39 Å². The third-order valence-corrected chi connectivity index (χ3v) is 3.68. The van der Waals surface area contributed by atoms with Crippen LogP contribution in [-0.2, 0) is 6.54 Å². The van der Waals surface area contributed by atoms with Crippen LogP contribution in [0.25, 0.3) is 11.3 Å². The minimum absolute atomic E-state index is 0.00419. The number of nitro groups is 1. The number of benzene rings is 2. The first-order valence-corrected chi connectivity index (χ1v) is 7.43. The molecule has 0 amide bonds. The van der Waals surface area contributed by atoms with Crippen molar-refractivity contribution in [2.45, 2.75) is 6.54 Å². The van der Waals surface area contributed by atoms with E-state index in [1.807, 2.05) is 0 Å². The zero-order valence-electron chi connectivity index (χ0n) is 12.3. The molecule has 0 atom stereocenters. The summed E-state index contributed by atoms with van der Waals surface area (Å²) in [5.74, 6) is 0.692. The minimum Gasteiger partial charge on any atom is -0.459 e. The molecule has 0 aliphatic heterocycles. The van der Waals surface area contributed by atoms with Crippen LogP contribution < -0.4 is 5.32 Å². The van der Waals surface area contributed by atoms with Crippen LogP contribution in [0.1, 0.15) is 5.76 Å². The Morgan fingerprint density at radius 1 is 1.17 bits per heavy atom. The molecule has 0 fully saturated rings. The number of rotatable bonds is 5. The number of nitrogens with one attached hydrogen (secondary N) is 1. The van der Waals surface area contributed by atoms with Gasteiger partial charge in [0, 0.05) is 23.4 Å². The Labute approximate surface area is 141 Å². The van der Waals surface area contributed by atoms with Crippen molar-refractivity contribution in [3.05, 3.63) is 81.3 Å². The van der Waals surface area contributed by atoms with Gasteiger partial charge in [-0.1, -0.05) is 23.7 Å². The Morgan fingerprint density at radius 3 is 2.75 bits per heavy atom. The highest BCUT2D eigenvalue weighted by Gasteiger charge is 2.10. The molecule has 3 aromatic rings. The third-order valence-electron chi connectivity index (χ3n) is 3.39. The maximum Gasteiger partial charge on any atom is 0.270 e. The molecular weight excluding hydrogens is 335 g/mol. The number of nitro benzene ring substituents is 1. The van der Waals surface area contributed by atoms with Gasteiger partial charge in [-0.05, 0) is 30.3 Å². The smallest absolute Gasteiger partial charge is 0.270 e. The summed E-state index contributed by atoms with van der Waals surface area (Å²) in [7, 11) is 0. The van der Waals surface area contributed by atoms with Gasteiger partial charge in [0.05, 0.1) is 16.5 Å². The molecule has 1 heterocycles. The van der Waals surface area contributed by atoms with Crippen LogP contribution in [-0.4, -0.2) is 4.92 Å². The second kappa shape index (κ2) is 6.72. The molecule has 0 radical (unpaired) electrons. The lowest BCUT2D eigenvalue weighted by atomic mass is 10.1. The van der Waals surface area contributed by atoms with Crippen molar-refractivity contribution in [2.75, 3.05) is 5.32 Å². The lowest BCUT2D eigenvalue weighted by Gasteiger charge is -2.05. The first-order valence-electron chi connectivity index (χ1n) is 7.05. The number of hydrogen-bond donors (Lipinski definition) is 1. The standard InChI is InChI=1S/C17H12ClFN2O3/c18-15-9-12(4-6-16(15)19)20-10-14-5-7-17(24-14)11-2-1-3-13(8-11)21(22)23/h1-9,20H,10H2. The van der Waals surface area contributed by atoms with Crippen LogP contribution in [0, 0.1) is 15.9 Å². The first-order chi connectivity index (χ1) is 11.5. The average Bonchev–Trinajstić information content (AvgIpc) is 3.05.